The van der Waals surface area contributed by atoms with Crippen LogP contribution in [0.2, 0.25) is 0 Å². The van der Waals surface area contributed by atoms with Crippen molar-refractivity contribution in [1.29, 1.82) is 0 Å². The number of carboxylic acid groups (broad SMARTS) is 1. The largest absolute Gasteiger partial charge is 0.502 e. The van der Waals surface area contributed by atoms with Gasteiger partial charge >= 0.3 is 5.97 Å². The lowest BCUT2D eigenvalue weighted by Crippen LogP contribution is -2.05. The molecule has 9 heteroatoms. The monoisotopic (exact) mass is 368 g/mol. The van der Waals surface area contributed by atoms with Crippen LogP contribution in [0.4, 0.5) is 4.39 Å². The van der Waals surface area contributed by atoms with E-state index in [1.165, 1.54) is 24.3 Å². The zero-order valence-electron chi connectivity index (χ0n) is 12.9. The molecule has 0 saturated carbocycles. The molecule has 2 N–H and O–H groups in total. The number of aliphatic carboxylic acids is 1. The van der Waals surface area contributed by atoms with Gasteiger partial charge in [-0.25, -0.2) is 17.6 Å². The Hall–Kier alpha value is -2.94. The molecule has 7 nitrogen and oxygen atoms in total. The van der Waals surface area contributed by atoms with Crippen molar-refractivity contribution < 1.29 is 37.0 Å². The third-order valence-corrected chi connectivity index (χ3v) is 4.10. The fourth-order valence-electron chi connectivity index (χ4n) is 2.00. The lowest BCUT2D eigenvalue weighted by Gasteiger charge is -2.01. The van der Waals surface area contributed by atoms with E-state index in [0.29, 0.717) is 11.6 Å². The lowest BCUT2D eigenvalue weighted by atomic mass is 10.0. The maximum Gasteiger partial charge on any atom is 0.371 e. The molecule has 132 valence electrons. The minimum atomic E-state index is -3.76. The number of carbonyl (C=O) groups excluding carboxylic acids is 1. The molecule has 1 aromatic carbocycles. The van der Waals surface area contributed by atoms with Crippen LogP contribution >= 0.6 is 0 Å². The zero-order valence-corrected chi connectivity index (χ0v) is 13.7. The number of ketones is 1. The Balaban J connectivity index is 2.48. The van der Waals surface area contributed by atoms with Gasteiger partial charge in [0, 0.05) is 30.4 Å². The molecule has 0 aliphatic carbocycles. The predicted octanol–water partition coefficient (Wildman–Crippen LogP) is 2.12. The minimum Gasteiger partial charge on any atom is -0.502 e. The smallest absolute Gasteiger partial charge is 0.371 e. The summed E-state index contributed by atoms with van der Waals surface area (Å²) in [5, 5.41) is 17.3. The molecule has 2 rings (SSSR count). The Morgan fingerprint density at radius 1 is 1.20 bits per heavy atom. The van der Waals surface area contributed by atoms with Crippen LogP contribution in [0.25, 0.3) is 0 Å². The second-order valence-corrected chi connectivity index (χ2v) is 7.14. The average molecular weight is 368 g/mol. The van der Waals surface area contributed by atoms with E-state index in [1.54, 1.807) is 0 Å². The SMILES string of the molecule is CS(=O)(=O)c1cc(Cc2ccc(F)cc2)c(C(=O)C=C(O)C(=O)O)o1. The lowest BCUT2D eigenvalue weighted by molar-refractivity contribution is -0.135. The molecule has 0 atom stereocenters. The van der Waals surface area contributed by atoms with Crippen molar-refractivity contribution in [1.82, 2.24) is 0 Å². The molecule has 0 bridgehead atoms. The molecule has 0 spiro atoms. The second kappa shape index (κ2) is 6.89. The summed E-state index contributed by atoms with van der Waals surface area (Å²) in [6.07, 6.45) is 1.34. The Morgan fingerprint density at radius 3 is 2.32 bits per heavy atom. The highest BCUT2D eigenvalue weighted by atomic mass is 32.2. The molecule has 2 aromatic rings. The van der Waals surface area contributed by atoms with Crippen LogP contribution in [-0.4, -0.2) is 36.6 Å². The molecule has 0 unspecified atom stereocenters. The quantitative estimate of drug-likeness (QED) is 0.455. The number of carbonyl (C=O) groups is 2. The number of furan rings is 1. The van der Waals surface area contributed by atoms with Crippen LogP contribution in [-0.2, 0) is 21.1 Å². The van der Waals surface area contributed by atoms with Gasteiger partial charge in [-0.3, -0.25) is 4.79 Å². The normalized spacial score (nSPS) is 12.2. The van der Waals surface area contributed by atoms with Crippen molar-refractivity contribution in [2.45, 2.75) is 11.5 Å². The van der Waals surface area contributed by atoms with Crippen molar-refractivity contribution in [2.24, 2.45) is 0 Å². The summed E-state index contributed by atoms with van der Waals surface area (Å²) in [7, 11) is -3.76. The summed E-state index contributed by atoms with van der Waals surface area (Å²) in [6, 6.07) is 6.43. The average Bonchev–Trinajstić information content (AvgIpc) is 2.93. The van der Waals surface area contributed by atoms with Crippen LogP contribution in [0.1, 0.15) is 21.7 Å². The molecular formula is C16H13FO7S. The van der Waals surface area contributed by atoms with Crippen LogP contribution < -0.4 is 0 Å². The van der Waals surface area contributed by atoms with Gasteiger partial charge in [-0.1, -0.05) is 12.1 Å². The summed E-state index contributed by atoms with van der Waals surface area (Å²) >= 11 is 0. The topological polar surface area (TPSA) is 122 Å². The highest BCUT2D eigenvalue weighted by molar-refractivity contribution is 7.90. The maximum atomic E-state index is 13.0. The summed E-state index contributed by atoms with van der Waals surface area (Å²) in [4.78, 5) is 22.7. The number of benzene rings is 1. The van der Waals surface area contributed by atoms with E-state index in [2.05, 4.69) is 0 Å². The van der Waals surface area contributed by atoms with Gasteiger partial charge in [0.2, 0.25) is 26.5 Å². The van der Waals surface area contributed by atoms with E-state index < -0.39 is 44.0 Å². The van der Waals surface area contributed by atoms with Crippen LogP contribution in [0.15, 0.2) is 51.7 Å². The standard InChI is InChI=1S/C16H13FO7S/c1-25(22,23)14-7-10(6-9-2-4-11(17)5-3-9)15(24-14)12(18)8-13(19)16(20)21/h2-5,7-8,19H,6H2,1H3,(H,20,21). The van der Waals surface area contributed by atoms with Crippen molar-refractivity contribution in [3.8, 4) is 0 Å². The van der Waals surface area contributed by atoms with Crippen molar-refractivity contribution in [2.75, 3.05) is 6.26 Å². The maximum absolute atomic E-state index is 13.0. The van der Waals surface area contributed by atoms with Crippen LogP contribution in [0.5, 0.6) is 0 Å². The van der Waals surface area contributed by atoms with Gasteiger partial charge in [0.1, 0.15) is 5.82 Å². The number of rotatable bonds is 6. The number of carboxylic acids is 1. The van der Waals surface area contributed by atoms with E-state index in [4.69, 9.17) is 9.52 Å². The number of sulfone groups is 1. The van der Waals surface area contributed by atoms with Gasteiger partial charge < -0.3 is 14.6 Å². The van der Waals surface area contributed by atoms with Gasteiger partial charge in [-0.2, -0.15) is 0 Å². The number of allylic oxidation sites excluding steroid dienone is 1. The van der Waals surface area contributed by atoms with Crippen molar-refractivity contribution >= 4 is 21.6 Å². The van der Waals surface area contributed by atoms with Crippen molar-refractivity contribution in [3.63, 3.8) is 0 Å². The number of halogens is 1. The molecule has 1 aromatic heterocycles. The first-order valence-electron chi connectivity index (χ1n) is 6.83. The predicted molar refractivity (Wildman–Crippen MR) is 83.7 cm³/mol. The van der Waals surface area contributed by atoms with Crippen molar-refractivity contribution in [3.05, 3.63) is 64.9 Å². The molecule has 1 heterocycles. The van der Waals surface area contributed by atoms with Crippen LogP contribution in [0, 0.1) is 5.82 Å². The van der Waals surface area contributed by atoms with Gasteiger partial charge in [0.05, 0.1) is 0 Å². The van der Waals surface area contributed by atoms with E-state index >= 15 is 0 Å². The van der Waals surface area contributed by atoms with Gasteiger partial charge in [-0.15, -0.1) is 0 Å². The molecule has 0 amide bonds. The third kappa shape index (κ3) is 4.54. The Morgan fingerprint density at radius 2 is 1.80 bits per heavy atom. The fraction of sp³-hybridized carbons (Fsp3) is 0.125. The zero-order chi connectivity index (χ0) is 18.8. The second-order valence-electron chi connectivity index (χ2n) is 5.19. The number of aliphatic hydroxyl groups excluding tert-OH is 1. The van der Waals surface area contributed by atoms with Gasteiger partial charge in [0.15, 0.2) is 5.76 Å². The first-order valence-corrected chi connectivity index (χ1v) is 8.72. The van der Waals surface area contributed by atoms with Gasteiger partial charge in [0.25, 0.3) is 0 Å². The molecule has 0 saturated heterocycles. The minimum absolute atomic E-state index is 0.0437. The Labute approximate surface area is 141 Å². The highest BCUT2D eigenvalue weighted by Crippen LogP contribution is 2.24. The summed E-state index contributed by atoms with van der Waals surface area (Å²) in [5.41, 5.74) is 0.731. The number of hydrogen-bond acceptors (Lipinski definition) is 6. The van der Waals surface area contributed by atoms with E-state index in [1.807, 2.05) is 0 Å². The summed E-state index contributed by atoms with van der Waals surface area (Å²) < 4.78 is 41.3. The molecular weight excluding hydrogens is 355 g/mol. The molecule has 25 heavy (non-hydrogen) atoms. The third-order valence-electron chi connectivity index (χ3n) is 3.17. The summed E-state index contributed by atoms with van der Waals surface area (Å²) in [5.74, 6) is -4.82. The number of hydrogen-bond donors (Lipinski definition) is 2. The first kappa shape index (κ1) is 18.4. The number of aliphatic hydroxyl groups is 1. The Bertz CT molecular complexity index is 953. The van der Waals surface area contributed by atoms with E-state index in [-0.39, 0.29) is 12.0 Å². The molecule has 0 radical (unpaired) electrons. The first-order chi connectivity index (χ1) is 11.6. The highest BCUT2D eigenvalue weighted by Gasteiger charge is 2.23. The molecule has 0 aliphatic heterocycles. The fourth-order valence-corrected chi connectivity index (χ4v) is 2.59. The van der Waals surface area contributed by atoms with Crippen LogP contribution in [0.3, 0.4) is 0 Å². The molecule has 0 aliphatic rings. The van der Waals surface area contributed by atoms with E-state index in [9.17, 15) is 27.5 Å². The van der Waals surface area contributed by atoms with Gasteiger partial charge in [-0.05, 0) is 17.7 Å². The Kier molecular flexibility index (Phi) is 5.07. The molecule has 0 fully saturated rings. The summed E-state index contributed by atoms with van der Waals surface area (Å²) in [6.45, 7) is 0. The van der Waals surface area contributed by atoms with E-state index in [0.717, 1.165) is 12.3 Å².